The van der Waals surface area contributed by atoms with Crippen molar-refractivity contribution in [3.8, 4) is 5.75 Å². The van der Waals surface area contributed by atoms with Crippen LogP contribution in [-0.4, -0.2) is 30.8 Å². The number of hydrogen-bond donors (Lipinski definition) is 0. The summed E-state index contributed by atoms with van der Waals surface area (Å²) in [7, 11) is 1.75. The first-order chi connectivity index (χ1) is 13.4. The summed E-state index contributed by atoms with van der Waals surface area (Å²) in [5.41, 5.74) is 1.28. The van der Waals surface area contributed by atoms with E-state index in [0.717, 1.165) is 17.7 Å². The lowest BCUT2D eigenvalue weighted by atomic mass is 10.1. The van der Waals surface area contributed by atoms with Gasteiger partial charge in [-0.15, -0.1) is 0 Å². The van der Waals surface area contributed by atoms with Gasteiger partial charge in [-0.3, -0.25) is 19.7 Å². The van der Waals surface area contributed by atoms with Crippen molar-refractivity contribution in [1.82, 2.24) is 0 Å². The maximum absolute atomic E-state index is 12.2. The molecule has 0 aliphatic rings. The molecule has 2 rings (SSSR count). The molecule has 0 aliphatic heterocycles. The van der Waals surface area contributed by atoms with E-state index in [1.54, 1.807) is 24.9 Å². The Balaban J connectivity index is 1.79. The summed E-state index contributed by atoms with van der Waals surface area (Å²) in [6, 6.07) is 12.5. The molecular formula is C21H24N2O5. The molecule has 0 aliphatic carbocycles. The molecule has 148 valence electrons. The minimum absolute atomic E-state index is 0.00884. The van der Waals surface area contributed by atoms with Crippen LogP contribution in [-0.2, 0) is 4.79 Å². The first-order valence-electron chi connectivity index (χ1n) is 9.12. The number of carbonyl (C=O) groups is 2. The Bertz CT molecular complexity index is 836. The normalized spacial score (nSPS) is 10.4. The number of carbonyl (C=O) groups excluding carboxylic acids is 2. The standard InChI is InChI=1S/C21H24N2O5/c1-16-13-17(15-24)21(23(26)27)19(14-16)28-12-8-4-7-11-20(25)22(2)18-9-5-3-6-10-18/h3,5-6,9-10,13-15H,4,7-8,11-12H2,1-2H3. The molecule has 0 atom stereocenters. The van der Waals surface area contributed by atoms with Gasteiger partial charge in [0.05, 0.1) is 17.1 Å². The lowest BCUT2D eigenvalue weighted by molar-refractivity contribution is -0.386. The third-order valence-electron chi connectivity index (χ3n) is 4.37. The van der Waals surface area contributed by atoms with Crippen LogP contribution in [0.5, 0.6) is 5.75 Å². The van der Waals surface area contributed by atoms with Crippen molar-refractivity contribution < 1.29 is 19.2 Å². The highest BCUT2D eigenvalue weighted by Crippen LogP contribution is 2.31. The Morgan fingerprint density at radius 3 is 2.54 bits per heavy atom. The molecule has 0 spiro atoms. The second kappa shape index (κ2) is 10.2. The van der Waals surface area contributed by atoms with Gasteiger partial charge < -0.3 is 9.64 Å². The number of anilines is 1. The molecule has 0 N–H and O–H groups in total. The molecule has 0 heterocycles. The van der Waals surface area contributed by atoms with Crippen LogP contribution in [0.1, 0.15) is 41.6 Å². The number of nitro groups is 1. The maximum atomic E-state index is 12.2. The number of nitro benzene ring substituents is 1. The van der Waals surface area contributed by atoms with Gasteiger partial charge in [-0.25, -0.2) is 0 Å². The Labute approximate surface area is 164 Å². The number of nitrogens with zero attached hydrogens (tertiary/aromatic N) is 2. The summed E-state index contributed by atoms with van der Waals surface area (Å²) in [6.45, 7) is 2.03. The summed E-state index contributed by atoms with van der Waals surface area (Å²) in [5, 5.41) is 11.2. The van der Waals surface area contributed by atoms with Crippen molar-refractivity contribution in [3.05, 3.63) is 63.7 Å². The zero-order chi connectivity index (χ0) is 20.5. The third kappa shape index (κ3) is 5.64. The molecule has 1 amide bonds. The van der Waals surface area contributed by atoms with Crippen molar-refractivity contribution in [2.75, 3.05) is 18.6 Å². The van der Waals surface area contributed by atoms with Gasteiger partial charge in [0.1, 0.15) is 0 Å². The van der Waals surface area contributed by atoms with E-state index in [0.29, 0.717) is 25.5 Å². The fourth-order valence-electron chi connectivity index (χ4n) is 2.87. The number of hydrogen-bond acceptors (Lipinski definition) is 5. The van der Waals surface area contributed by atoms with E-state index < -0.39 is 4.92 Å². The largest absolute Gasteiger partial charge is 0.487 e. The molecule has 28 heavy (non-hydrogen) atoms. The maximum Gasteiger partial charge on any atom is 0.321 e. The molecule has 7 nitrogen and oxygen atoms in total. The Kier molecular flexibility index (Phi) is 7.68. The van der Waals surface area contributed by atoms with Crippen molar-refractivity contribution in [1.29, 1.82) is 0 Å². The summed E-state index contributed by atoms with van der Waals surface area (Å²) >= 11 is 0. The topological polar surface area (TPSA) is 89.7 Å². The molecule has 7 heteroatoms. The smallest absolute Gasteiger partial charge is 0.321 e. The monoisotopic (exact) mass is 384 g/mol. The average molecular weight is 384 g/mol. The van der Waals surface area contributed by atoms with E-state index in [2.05, 4.69) is 0 Å². The zero-order valence-electron chi connectivity index (χ0n) is 16.1. The molecule has 2 aromatic rings. The highest BCUT2D eigenvalue weighted by atomic mass is 16.6. The summed E-state index contributed by atoms with van der Waals surface area (Å²) in [6.07, 6.45) is 3.01. The van der Waals surface area contributed by atoms with Crippen LogP contribution >= 0.6 is 0 Å². The molecule has 0 saturated heterocycles. The van der Waals surface area contributed by atoms with Gasteiger partial charge >= 0.3 is 5.69 Å². The highest BCUT2D eigenvalue weighted by Gasteiger charge is 2.21. The van der Waals surface area contributed by atoms with Crippen LogP contribution in [0.25, 0.3) is 0 Å². The van der Waals surface area contributed by atoms with E-state index in [1.165, 1.54) is 6.07 Å². The van der Waals surface area contributed by atoms with Crippen LogP contribution in [0, 0.1) is 17.0 Å². The van der Waals surface area contributed by atoms with Crippen LogP contribution in [0.15, 0.2) is 42.5 Å². The number of rotatable bonds is 10. The van der Waals surface area contributed by atoms with Gasteiger partial charge in [-0.05, 0) is 56.0 Å². The number of para-hydroxylation sites is 1. The van der Waals surface area contributed by atoms with Crippen molar-refractivity contribution in [3.63, 3.8) is 0 Å². The molecule has 0 aromatic heterocycles. The van der Waals surface area contributed by atoms with Gasteiger partial charge in [0.2, 0.25) is 5.91 Å². The molecule has 2 aromatic carbocycles. The number of ether oxygens (including phenoxy) is 1. The van der Waals surface area contributed by atoms with Gasteiger partial charge in [-0.2, -0.15) is 0 Å². The average Bonchev–Trinajstić information content (AvgIpc) is 2.69. The molecule has 0 saturated carbocycles. The molecule has 0 radical (unpaired) electrons. The van der Waals surface area contributed by atoms with Gasteiger partial charge in [0, 0.05) is 19.2 Å². The fourth-order valence-corrected chi connectivity index (χ4v) is 2.87. The van der Waals surface area contributed by atoms with E-state index in [-0.39, 0.29) is 29.5 Å². The lowest BCUT2D eigenvalue weighted by Crippen LogP contribution is -2.25. The number of amides is 1. The zero-order valence-corrected chi connectivity index (χ0v) is 16.1. The molecule has 0 unspecified atom stereocenters. The van der Waals surface area contributed by atoms with Gasteiger partial charge in [0.25, 0.3) is 0 Å². The second-order valence-electron chi connectivity index (χ2n) is 6.52. The van der Waals surface area contributed by atoms with E-state index >= 15 is 0 Å². The van der Waals surface area contributed by atoms with E-state index in [1.807, 2.05) is 30.3 Å². The van der Waals surface area contributed by atoms with Crippen LogP contribution < -0.4 is 9.64 Å². The predicted octanol–water partition coefficient (Wildman–Crippen LogP) is 4.32. The Hall–Kier alpha value is -3.22. The van der Waals surface area contributed by atoms with Crippen LogP contribution in [0.2, 0.25) is 0 Å². The van der Waals surface area contributed by atoms with E-state index in [4.69, 9.17) is 4.74 Å². The minimum Gasteiger partial charge on any atom is -0.487 e. The highest BCUT2D eigenvalue weighted by molar-refractivity contribution is 5.92. The second-order valence-corrected chi connectivity index (χ2v) is 6.52. The van der Waals surface area contributed by atoms with Crippen molar-refractivity contribution in [2.24, 2.45) is 0 Å². The minimum atomic E-state index is -0.601. The van der Waals surface area contributed by atoms with Crippen LogP contribution in [0.3, 0.4) is 0 Å². The van der Waals surface area contributed by atoms with Gasteiger partial charge in [0.15, 0.2) is 12.0 Å². The first-order valence-corrected chi connectivity index (χ1v) is 9.12. The molecular weight excluding hydrogens is 360 g/mol. The summed E-state index contributed by atoms with van der Waals surface area (Å²) < 4.78 is 5.55. The Morgan fingerprint density at radius 2 is 1.89 bits per heavy atom. The van der Waals surface area contributed by atoms with E-state index in [9.17, 15) is 19.7 Å². The van der Waals surface area contributed by atoms with Crippen molar-refractivity contribution in [2.45, 2.75) is 32.6 Å². The van der Waals surface area contributed by atoms with Crippen LogP contribution in [0.4, 0.5) is 11.4 Å². The van der Waals surface area contributed by atoms with Gasteiger partial charge in [-0.1, -0.05) is 18.2 Å². The van der Waals surface area contributed by atoms with Crippen molar-refractivity contribution >= 4 is 23.6 Å². The number of aryl methyl sites for hydroxylation is 1. The SMILES string of the molecule is Cc1cc(C=O)c([N+](=O)[O-])c(OCCCCCC(=O)N(C)c2ccccc2)c1. The number of benzene rings is 2. The number of aldehydes is 1. The fraction of sp³-hybridized carbons (Fsp3) is 0.333. The third-order valence-corrected chi connectivity index (χ3v) is 4.37. The molecule has 0 fully saturated rings. The summed E-state index contributed by atoms with van der Waals surface area (Å²) in [4.78, 5) is 35.5. The Morgan fingerprint density at radius 1 is 1.18 bits per heavy atom. The predicted molar refractivity (Wildman–Crippen MR) is 107 cm³/mol. The first kappa shape index (κ1) is 21.1. The lowest BCUT2D eigenvalue weighted by Gasteiger charge is -2.17. The quantitative estimate of drug-likeness (QED) is 0.263. The molecule has 0 bridgehead atoms. The number of unbranched alkanes of at least 4 members (excludes halogenated alkanes) is 2. The summed E-state index contributed by atoms with van der Waals surface area (Å²) in [5.74, 6) is 0.143.